The van der Waals surface area contributed by atoms with Gasteiger partial charge in [-0.3, -0.25) is 0 Å². The third kappa shape index (κ3) is 3.24. The van der Waals surface area contributed by atoms with Crippen molar-refractivity contribution in [1.82, 2.24) is 4.90 Å². The van der Waals surface area contributed by atoms with Crippen LogP contribution in [0.3, 0.4) is 0 Å². The number of carbonyl (C=O) groups excluding carboxylic acids is 1. The number of benzene rings is 1. The van der Waals surface area contributed by atoms with Gasteiger partial charge >= 0.3 is 12.0 Å². The van der Waals surface area contributed by atoms with Gasteiger partial charge in [-0.1, -0.05) is 0 Å². The molecule has 1 heterocycles. The number of urea groups is 1. The first-order valence-corrected chi connectivity index (χ1v) is 6.00. The zero-order valence-corrected chi connectivity index (χ0v) is 10.6. The van der Waals surface area contributed by atoms with Crippen LogP contribution in [0.15, 0.2) is 24.3 Å². The van der Waals surface area contributed by atoms with Crippen LogP contribution in [0.5, 0.6) is 0 Å². The third-order valence-corrected chi connectivity index (χ3v) is 2.89. The smallest absolute Gasteiger partial charge is 0.334 e. The minimum absolute atomic E-state index is 0.0114. The molecular formula is C13H13N3O4. The molecule has 1 aromatic carbocycles. The number of anilines is 1. The summed E-state index contributed by atoms with van der Waals surface area (Å²) < 4.78 is 5.04. The van der Waals surface area contributed by atoms with E-state index in [-0.39, 0.29) is 19.2 Å². The lowest BCUT2D eigenvalue weighted by Crippen LogP contribution is -2.49. The second kappa shape index (κ2) is 6.04. The molecule has 1 fully saturated rings. The highest BCUT2D eigenvalue weighted by atomic mass is 16.5. The Bertz CT molecular complexity index is 550. The molecule has 7 nitrogen and oxygen atoms in total. The number of nitrogens with zero attached hydrogens (tertiary/aromatic N) is 2. The minimum atomic E-state index is -1.08. The van der Waals surface area contributed by atoms with Crippen molar-refractivity contribution in [2.45, 2.75) is 6.10 Å². The van der Waals surface area contributed by atoms with E-state index in [0.717, 1.165) is 0 Å². The van der Waals surface area contributed by atoms with E-state index in [9.17, 15) is 9.59 Å². The Morgan fingerprint density at radius 1 is 1.40 bits per heavy atom. The van der Waals surface area contributed by atoms with Crippen LogP contribution in [0.1, 0.15) is 5.56 Å². The Labute approximate surface area is 115 Å². The molecule has 2 amide bonds. The number of aliphatic carboxylic acids is 1. The number of nitriles is 1. The monoisotopic (exact) mass is 275 g/mol. The maximum Gasteiger partial charge on any atom is 0.334 e. The average Bonchev–Trinajstić information content (AvgIpc) is 2.48. The van der Waals surface area contributed by atoms with Gasteiger partial charge in [-0.15, -0.1) is 0 Å². The van der Waals surface area contributed by atoms with E-state index < -0.39 is 12.1 Å². The van der Waals surface area contributed by atoms with Crippen molar-refractivity contribution in [1.29, 1.82) is 5.26 Å². The van der Waals surface area contributed by atoms with Crippen molar-refractivity contribution in [3.8, 4) is 6.07 Å². The van der Waals surface area contributed by atoms with Crippen LogP contribution in [0.4, 0.5) is 10.5 Å². The van der Waals surface area contributed by atoms with Gasteiger partial charge in [-0.05, 0) is 24.3 Å². The van der Waals surface area contributed by atoms with Crippen LogP contribution < -0.4 is 5.32 Å². The number of hydrogen-bond acceptors (Lipinski definition) is 4. The topological polar surface area (TPSA) is 103 Å². The molecule has 0 spiro atoms. The van der Waals surface area contributed by atoms with Crippen molar-refractivity contribution in [2.24, 2.45) is 0 Å². The number of nitrogens with one attached hydrogen (secondary N) is 1. The lowest BCUT2D eigenvalue weighted by molar-refractivity contribution is -0.154. The fraction of sp³-hybridized carbons (Fsp3) is 0.308. The van der Waals surface area contributed by atoms with Crippen LogP contribution in [0.25, 0.3) is 0 Å². The summed E-state index contributed by atoms with van der Waals surface area (Å²) in [5.41, 5.74) is 1.05. The molecule has 1 atom stereocenters. The first-order chi connectivity index (χ1) is 9.60. The largest absolute Gasteiger partial charge is 0.479 e. The van der Waals surface area contributed by atoms with Crippen LogP contribution >= 0.6 is 0 Å². The highest BCUT2D eigenvalue weighted by molar-refractivity contribution is 5.90. The van der Waals surface area contributed by atoms with Gasteiger partial charge in [-0.2, -0.15) is 5.26 Å². The fourth-order valence-corrected chi connectivity index (χ4v) is 1.81. The molecular weight excluding hydrogens is 262 g/mol. The summed E-state index contributed by atoms with van der Waals surface area (Å²) in [6, 6.07) is 8.02. The predicted octanol–water partition coefficient (Wildman–Crippen LogP) is 0.876. The lowest BCUT2D eigenvalue weighted by atomic mass is 10.2. The summed E-state index contributed by atoms with van der Waals surface area (Å²) in [6.07, 6.45) is -0.990. The Kier molecular flexibility index (Phi) is 4.17. The van der Waals surface area contributed by atoms with Crippen LogP contribution in [0, 0.1) is 11.3 Å². The minimum Gasteiger partial charge on any atom is -0.479 e. The lowest BCUT2D eigenvalue weighted by Gasteiger charge is -2.30. The number of ether oxygens (including phenoxy) is 1. The van der Waals surface area contributed by atoms with Gasteiger partial charge in [0.05, 0.1) is 24.8 Å². The molecule has 0 radical (unpaired) electrons. The highest BCUT2D eigenvalue weighted by Crippen LogP contribution is 2.12. The second-order valence-corrected chi connectivity index (χ2v) is 4.26. The number of hydrogen-bond donors (Lipinski definition) is 2. The molecule has 0 saturated carbocycles. The first-order valence-electron chi connectivity index (χ1n) is 6.00. The summed E-state index contributed by atoms with van der Waals surface area (Å²) in [4.78, 5) is 24.2. The van der Waals surface area contributed by atoms with Gasteiger partial charge in [0, 0.05) is 12.2 Å². The molecule has 104 valence electrons. The van der Waals surface area contributed by atoms with E-state index >= 15 is 0 Å². The fourth-order valence-electron chi connectivity index (χ4n) is 1.81. The second-order valence-electron chi connectivity index (χ2n) is 4.26. The van der Waals surface area contributed by atoms with Gasteiger partial charge in [0.2, 0.25) is 0 Å². The third-order valence-electron chi connectivity index (χ3n) is 2.89. The normalized spacial score (nSPS) is 18.1. The average molecular weight is 275 g/mol. The van der Waals surface area contributed by atoms with Gasteiger partial charge in [-0.25, -0.2) is 9.59 Å². The first kappa shape index (κ1) is 13.8. The molecule has 0 aromatic heterocycles. The van der Waals surface area contributed by atoms with E-state index in [1.807, 2.05) is 6.07 Å². The molecule has 1 aromatic rings. The molecule has 1 aliphatic heterocycles. The molecule has 1 aliphatic rings. The van der Waals surface area contributed by atoms with E-state index in [1.165, 1.54) is 4.90 Å². The van der Waals surface area contributed by atoms with Crippen molar-refractivity contribution in [3.63, 3.8) is 0 Å². The summed E-state index contributed by atoms with van der Waals surface area (Å²) in [5, 5.41) is 20.2. The number of morpholine rings is 1. The summed E-state index contributed by atoms with van der Waals surface area (Å²) in [7, 11) is 0. The Morgan fingerprint density at radius 3 is 2.70 bits per heavy atom. The Hall–Kier alpha value is -2.59. The quantitative estimate of drug-likeness (QED) is 0.833. The van der Waals surface area contributed by atoms with Gasteiger partial charge in [0.25, 0.3) is 0 Å². The molecule has 2 N–H and O–H groups in total. The predicted molar refractivity (Wildman–Crippen MR) is 69.1 cm³/mol. The van der Waals surface area contributed by atoms with E-state index in [0.29, 0.717) is 17.8 Å². The van der Waals surface area contributed by atoms with E-state index in [2.05, 4.69) is 5.32 Å². The molecule has 7 heteroatoms. The van der Waals surface area contributed by atoms with Crippen LogP contribution in [-0.2, 0) is 9.53 Å². The summed E-state index contributed by atoms with van der Waals surface area (Å²) in [5.74, 6) is -1.08. The standard InChI is InChI=1S/C13H13N3O4/c14-7-9-1-3-10(4-2-9)15-13(19)16-5-6-20-11(8-16)12(17)18/h1-4,11H,5-6,8H2,(H,15,19)(H,17,18). The van der Waals surface area contributed by atoms with Crippen molar-refractivity contribution >= 4 is 17.7 Å². The van der Waals surface area contributed by atoms with Crippen molar-refractivity contribution in [3.05, 3.63) is 29.8 Å². The Morgan fingerprint density at radius 2 is 2.10 bits per heavy atom. The molecule has 20 heavy (non-hydrogen) atoms. The number of carbonyl (C=O) groups is 2. The van der Waals surface area contributed by atoms with Crippen molar-refractivity contribution in [2.75, 3.05) is 25.0 Å². The molecule has 1 saturated heterocycles. The Balaban J connectivity index is 1.97. The van der Waals surface area contributed by atoms with Gasteiger partial charge in [0.1, 0.15) is 0 Å². The highest BCUT2D eigenvalue weighted by Gasteiger charge is 2.28. The van der Waals surface area contributed by atoms with Crippen LogP contribution in [0.2, 0.25) is 0 Å². The summed E-state index contributed by atoms with van der Waals surface area (Å²) >= 11 is 0. The zero-order chi connectivity index (χ0) is 14.5. The number of carboxylic acid groups (broad SMARTS) is 1. The van der Waals surface area contributed by atoms with E-state index in [1.54, 1.807) is 24.3 Å². The molecule has 0 aliphatic carbocycles. The van der Waals surface area contributed by atoms with E-state index in [4.69, 9.17) is 15.1 Å². The van der Waals surface area contributed by atoms with Gasteiger partial charge in [0.15, 0.2) is 6.10 Å². The molecule has 2 rings (SSSR count). The van der Waals surface area contributed by atoms with Gasteiger partial charge < -0.3 is 20.1 Å². The number of amides is 2. The summed E-state index contributed by atoms with van der Waals surface area (Å²) in [6.45, 7) is 0.543. The molecule has 1 unspecified atom stereocenters. The molecule has 0 bridgehead atoms. The van der Waals surface area contributed by atoms with Crippen molar-refractivity contribution < 1.29 is 19.4 Å². The van der Waals surface area contributed by atoms with Crippen LogP contribution in [-0.4, -0.2) is 47.8 Å². The maximum absolute atomic E-state index is 12.0. The SMILES string of the molecule is N#Cc1ccc(NC(=O)N2CCOC(C(=O)O)C2)cc1. The number of carboxylic acids is 1. The maximum atomic E-state index is 12.0. The zero-order valence-electron chi connectivity index (χ0n) is 10.6. The number of rotatable bonds is 2.